The second-order valence-corrected chi connectivity index (χ2v) is 11.3. The molecule has 0 atom stereocenters. The minimum Gasteiger partial charge on any atom is -0.310 e. The Kier molecular flexibility index (Phi) is 8.52. The van der Waals surface area contributed by atoms with E-state index in [-0.39, 0.29) is 0 Å². The maximum atomic E-state index is 2.40. The van der Waals surface area contributed by atoms with Crippen molar-refractivity contribution in [1.29, 1.82) is 0 Å². The number of benzene rings is 6. The van der Waals surface area contributed by atoms with Crippen molar-refractivity contribution in [3.63, 3.8) is 0 Å². The van der Waals surface area contributed by atoms with Gasteiger partial charge in [0.05, 0.1) is 0 Å². The standard InChI is InChI=1S/C42H39N/c1-4-12-37-30-40(27-28-42(37)41-18-10-9-13-31(41)3)43(38-25-23-34(24-26-38)33-14-7-6-8-15-33)39-17-11-16-36(29-39)35-21-19-32(5-2)20-22-35/h6-11,13-30H,4-5,12H2,1-3H3. The molecule has 0 aliphatic carbocycles. The van der Waals surface area contributed by atoms with Crippen LogP contribution in [0.2, 0.25) is 0 Å². The Hall–Kier alpha value is -4.88. The van der Waals surface area contributed by atoms with E-state index in [2.05, 4.69) is 171 Å². The predicted molar refractivity (Wildman–Crippen MR) is 186 cm³/mol. The van der Waals surface area contributed by atoms with E-state index in [0.29, 0.717) is 0 Å². The van der Waals surface area contributed by atoms with E-state index < -0.39 is 0 Å². The molecule has 0 aromatic heterocycles. The summed E-state index contributed by atoms with van der Waals surface area (Å²) in [6.07, 6.45) is 3.17. The lowest BCUT2D eigenvalue weighted by Gasteiger charge is -2.27. The zero-order valence-corrected chi connectivity index (χ0v) is 25.4. The quantitative estimate of drug-likeness (QED) is 0.171. The van der Waals surface area contributed by atoms with Gasteiger partial charge in [-0.05, 0) is 106 Å². The Morgan fingerprint density at radius 1 is 0.465 bits per heavy atom. The van der Waals surface area contributed by atoms with Gasteiger partial charge < -0.3 is 4.90 Å². The van der Waals surface area contributed by atoms with Crippen molar-refractivity contribution in [1.82, 2.24) is 0 Å². The van der Waals surface area contributed by atoms with Gasteiger partial charge in [-0.15, -0.1) is 0 Å². The van der Waals surface area contributed by atoms with E-state index in [1.165, 1.54) is 55.8 Å². The third-order valence-electron chi connectivity index (χ3n) is 8.33. The molecule has 0 fully saturated rings. The molecule has 0 spiro atoms. The highest BCUT2D eigenvalue weighted by atomic mass is 15.1. The number of hydrogen-bond acceptors (Lipinski definition) is 1. The number of nitrogens with zero attached hydrogens (tertiary/aromatic N) is 1. The topological polar surface area (TPSA) is 3.24 Å². The summed E-state index contributed by atoms with van der Waals surface area (Å²) >= 11 is 0. The van der Waals surface area contributed by atoms with Gasteiger partial charge in [0.15, 0.2) is 0 Å². The Morgan fingerprint density at radius 2 is 1.07 bits per heavy atom. The summed E-state index contributed by atoms with van der Waals surface area (Å²) in [5, 5.41) is 0. The molecule has 0 saturated heterocycles. The zero-order valence-electron chi connectivity index (χ0n) is 25.4. The molecular weight excluding hydrogens is 518 g/mol. The zero-order chi connectivity index (χ0) is 29.6. The van der Waals surface area contributed by atoms with Crippen LogP contribution in [0.4, 0.5) is 17.1 Å². The highest BCUT2D eigenvalue weighted by Crippen LogP contribution is 2.40. The molecule has 0 radical (unpaired) electrons. The second-order valence-electron chi connectivity index (χ2n) is 11.3. The third-order valence-corrected chi connectivity index (χ3v) is 8.33. The molecule has 6 aromatic carbocycles. The maximum Gasteiger partial charge on any atom is 0.0467 e. The van der Waals surface area contributed by atoms with Crippen LogP contribution in [-0.2, 0) is 12.8 Å². The van der Waals surface area contributed by atoms with Crippen LogP contribution in [-0.4, -0.2) is 0 Å². The monoisotopic (exact) mass is 557 g/mol. The SMILES string of the molecule is CCCc1cc(N(c2ccc(-c3ccccc3)cc2)c2cccc(-c3ccc(CC)cc3)c2)ccc1-c1ccccc1C. The van der Waals surface area contributed by atoms with E-state index in [1.54, 1.807) is 0 Å². The lowest BCUT2D eigenvalue weighted by Crippen LogP contribution is -2.11. The van der Waals surface area contributed by atoms with E-state index in [4.69, 9.17) is 0 Å². The van der Waals surface area contributed by atoms with Gasteiger partial charge in [0, 0.05) is 17.1 Å². The van der Waals surface area contributed by atoms with Crippen molar-refractivity contribution in [2.75, 3.05) is 4.90 Å². The molecule has 6 rings (SSSR count). The van der Waals surface area contributed by atoms with E-state index in [9.17, 15) is 0 Å². The van der Waals surface area contributed by atoms with Crippen LogP contribution in [0, 0.1) is 6.92 Å². The van der Waals surface area contributed by atoms with Crippen molar-refractivity contribution in [3.05, 3.63) is 162 Å². The van der Waals surface area contributed by atoms with Crippen molar-refractivity contribution in [2.24, 2.45) is 0 Å². The molecule has 0 saturated carbocycles. The van der Waals surface area contributed by atoms with Gasteiger partial charge in [0.25, 0.3) is 0 Å². The first kappa shape index (κ1) is 28.2. The Balaban J connectivity index is 1.47. The molecule has 6 aromatic rings. The molecule has 0 bridgehead atoms. The molecule has 0 unspecified atom stereocenters. The highest BCUT2D eigenvalue weighted by Gasteiger charge is 2.17. The fourth-order valence-corrected chi connectivity index (χ4v) is 5.97. The molecule has 1 nitrogen and oxygen atoms in total. The summed E-state index contributed by atoms with van der Waals surface area (Å²) < 4.78 is 0. The molecule has 0 aliphatic rings. The minimum absolute atomic E-state index is 1.03. The van der Waals surface area contributed by atoms with Crippen LogP contribution in [0.5, 0.6) is 0 Å². The van der Waals surface area contributed by atoms with Crippen LogP contribution in [0.15, 0.2) is 146 Å². The number of rotatable bonds is 9. The fourth-order valence-electron chi connectivity index (χ4n) is 5.97. The van der Waals surface area contributed by atoms with Crippen molar-refractivity contribution >= 4 is 17.1 Å². The summed E-state index contributed by atoms with van der Waals surface area (Å²) in [4.78, 5) is 2.40. The largest absolute Gasteiger partial charge is 0.310 e. The molecule has 212 valence electrons. The van der Waals surface area contributed by atoms with Gasteiger partial charge in [-0.25, -0.2) is 0 Å². The molecular formula is C42H39N. The first-order chi connectivity index (χ1) is 21.1. The number of anilines is 3. The van der Waals surface area contributed by atoms with Gasteiger partial charge >= 0.3 is 0 Å². The van der Waals surface area contributed by atoms with Crippen LogP contribution in [0.25, 0.3) is 33.4 Å². The molecule has 1 heteroatoms. The lowest BCUT2D eigenvalue weighted by atomic mass is 9.93. The van der Waals surface area contributed by atoms with Gasteiger partial charge in [-0.1, -0.05) is 129 Å². The maximum absolute atomic E-state index is 2.40. The van der Waals surface area contributed by atoms with Gasteiger partial charge in [0.1, 0.15) is 0 Å². The van der Waals surface area contributed by atoms with Crippen molar-refractivity contribution < 1.29 is 0 Å². The summed E-state index contributed by atoms with van der Waals surface area (Å²) in [6, 6.07) is 53.2. The number of aryl methyl sites for hydroxylation is 3. The smallest absolute Gasteiger partial charge is 0.0467 e. The first-order valence-corrected chi connectivity index (χ1v) is 15.5. The van der Waals surface area contributed by atoms with E-state index >= 15 is 0 Å². The second kappa shape index (κ2) is 13.0. The predicted octanol–water partition coefficient (Wildman–Crippen LogP) is 12.0. The third kappa shape index (κ3) is 6.17. The van der Waals surface area contributed by atoms with E-state index in [0.717, 1.165) is 30.6 Å². The van der Waals surface area contributed by atoms with Crippen molar-refractivity contribution in [3.8, 4) is 33.4 Å². The lowest BCUT2D eigenvalue weighted by molar-refractivity contribution is 0.923. The molecule has 43 heavy (non-hydrogen) atoms. The van der Waals surface area contributed by atoms with Crippen LogP contribution in [0.1, 0.15) is 37.0 Å². The van der Waals surface area contributed by atoms with Crippen LogP contribution < -0.4 is 4.90 Å². The minimum atomic E-state index is 1.03. The van der Waals surface area contributed by atoms with Gasteiger partial charge in [0.2, 0.25) is 0 Å². The molecule has 0 aliphatic heterocycles. The van der Waals surface area contributed by atoms with Crippen LogP contribution >= 0.6 is 0 Å². The summed E-state index contributed by atoms with van der Waals surface area (Å²) in [6.45, 7) is 6.67. The molecule has 0 amide bonds. The molecule has 0 N–H and O–H groups in total. The summed E-state index contributed by atoms with van der Waals surface area (Å²) in [5.41, 5.74) is 15.1. The highest BCUT2D eigenvalue weighted by molar-refractivity contribution is 5.83. The Bertz CT molecular complexity index is 1800. The average molecular weight is 558 g/mol. The normalized spacial score (nSPS) is 11.0. The summed E-state index contributed by atoms with van der Waals surface area (Å²) in [7, 11) is 0. The van der Waals surface area contributed by atoms with Crippen molar-refractivity contribution in [2.45, 2.75) is 40.0 Å². The molecule has 0 heterocycles. The fraction of sp³-hybridized carbons (Fsp3) is 0.143. The summed E-state index contributed by atoms with van der Waals surface area (Å²) in [5.74, 6) is 0. The van der Waals surface area contributed by atoms with Gasteiger partial charge in [-0.2, -0.15) is 0 Å². The number of hydrogen-bond donors (Lipinski definition) is 0. The van der Waals surface area contributed by atoms with E-state index in [1.807, 2.05) is 0 Å². The van der Waals surface area contributed by atoms with Crippen LogP contribution in [0.3, 0.4) is 0 Å². The first-order valence-electron chi connectivity index (χ1n) is 15.5. The Labute approximate surface area is 257 Å². The average Bonchev–Trinajstić information content (AvgIpc) is 3.07. The van der Waals surface area contributed by atoms with Gasteiger partial charge in [-0.3, -0.25) is 0 Å². The Morgan fingerprint density at radius 3 is 1.79 bits per heavy atom.